The summed E-state index contributed by atoms with van der Waals surface area (Å²) in [6, 6.07) is 10.1. The van der Waals surface area contributed by atoms with Crippen LogP contribution in [0.5, 0.6) is 0 Å². The number of fused-ring (bicyclic) bond motifs is 5. The third-order valence-electron chi connectivity index (χ3n) is 5.33. The van der Waals surface area contributed by atoms with Gasteiger partial charge in [0.2, 0.25) is 0 Å². The summed E-state index contributed by atoms with van der Waals surface area (Å²) in [7, 11) is 2.13. The minimum atomic E-state index is -0.593. The second kappa shape index (κ2) is 5.33. The number of aliphatic hydroxyl groups excluding tert-OH is 1. The molecule has 0 radical (unpaired) electrons. The first kappa shape index (κ1) is 14.2. The molecule has 0 spiro atoms. The topological polar surface area (TPSA) is 62.3 Å². The molecule has 1 aromatic rings. The van der Waals surface area contributed by atoms with E-state index in [9.17, 15) is 9.90 Å². The smallest absolute Gasteiger partial charge is 0.316 e. The maximum Gasteiger partial charge on any atom is 0.316 e. The van der Waals surface area contributed by atoms with E-state index in [1.165, 1.54) is 0 Å². The second-order valence-corrected chi connectivity index (χ2v) is 6.54. The Morgan fingerprint density at radius 2 is 1.95 bits per heavy atom. The molecule has 4 rings (SSSR count). The van der Waals surface area contributed by atoms with Gasteiger partial charge in [0, 0.05) is 24.9 Å². The van der Waals surface area contributed by atoms with Crippen molar-refractivity contribution in [1.29, 1.82) is 0 Å². The van der Waals surface area contributed by atoms with Gasteiger partial charge in [0.25, 0.3) is 0 Å². The van der Waals surface area contributed by atoms with Crippen molar-refractivity contribution in [2.45, 2.75) is 49.2 Å². The molecule has 3 fully saturated rings. The van der Waals surface area contributed by atoms with E-state index in [4.69, 9.17) is 9.47 Å². The Morgan fingerprint density at radius 1 is 1.32 bits per heavy atom. The van der Waals surface area contributed by atoms with E-state index in [-0.39, 0.29) is 18.7 Å². The number of piperidine rings is 1. The summed E-state index contributed by atoms with van der Waals surface area (Å²) in [5, 5.41) is 9.56. The molecular weight excluding hydrogens is 282 g/mol. The van der Waals surface area contributed by atoms with E-state index in [1.54, 1.807) is 0 Å². The van der Waals surface area contributed by atoms with E-state index >= 15 is 0 Å². The lowest BCUT2D eigenvalue weighted by Gasteiger charge is -2.38. The van der Waals surface area contributed by atoms with Crippen LogP contribution in [0.3, 0.4) is 0 Å². The maximum absolute atomic E-state index is 12.4. The fourth-order valence-electron chi connectivity index (χ4n) is 4.04. The van der Waals surface area contributed by atoms with E-state index in [0.29, 0.717) is 24.3 Å². The normalized spacial score (nSPS) is 37.5. The van der Waals surface area contributed by atoms with Crippen LogP contribution in [0.25, 0.3) is 0 Å². The van der Waals surface area contributed by atoms with Gasteiger partial charge in [-0.1, -0.05) is 30.3 Å². The van der Waals surface area contributed by atoms with Gasteiger partial charge in [-0.3, -0.25) is 9.69 Å². The van der Waals surface area contributed by atoms with Crippen molar-refractivity contribution in [3.63, 3.8) is 0 Å². The summed E-state index contributed by atoms with van der Waals surface area (Å²) in [5.41, 5.74) is 0.803. The molecule has 0 aliphatic carbocycles. The van der Waals surface area contributed by atoms with Crippen LogP contribution in [0.15, 0.2) is 30.3 Å². The number of ether oxygens (including phenoxy) is 2. The molecule has 0 unspecified atom stereocenters. The number of hydrogen-bond donors (Lipinski definition) is 1. The number of esters is 1. The average molecular weight is 303 g/mol. The fourth-order valence-corrected chi connectivity index (χ4v) is 4.04. The van der Waals surface area contributed by atoms with Crippen LogP contribution in [0.1, 0.15) is 24.3 Å². The summed E-state index contributed by atoms with van der Waals surface area (Å²) in [5.74, 6) is -0.915. The molecular formula is C17H21NO4. The van der Waals surface area contributed by atoms with Gasteiger partial charge in [-0.25, -0.2) is 0 Å². The van der Waals surface area contributed by atoms with Crippen LogP contribution in [0.2, 0.25) is 0 Å². The highest BCUT2D eigenvalue weighted by Gasteiger charge is 2.62. The number of rotatable bonds is 4. The molecule has 3 aliphatic heterocycles. The zero-order valence-electron chi connectivity index (χ0n) is 12.6. The molecule has 1 aromatic carbocycles. The number of benzene rings is 1. The molecule has 3 aliphatic rings. The molecule has 0 amide bonds. The zero-order chi connectivity index (χ0) is 15.3. The number of aliphatic hydroxyl groups is 1. The minimum absolute atomic E-state index is 0.0622. The average Bonchev–Trinajstić information content (AvgIpc) is 3.27. The van der Waals surface area contributed by atoms with Crippen LogP contribution in [-0.2, 0) is 14.3 Å². The zero-order valence-corrected chi connectivity index (χ0v) is 12.6. The number of hydrogen-bond acceptors (Lipinski definition) is 5. The number of morpholine rings is 1. The molecule has 0 aromatic heterocycles. The summed E-state index contributed by atoms with van der Waals surface area (Å²) in [4.78, 5) is 14.8. The Balaban J connectivity index is 1.42. The number of epoxide rings is 1. The Bertz CT molecular complexity index is 545. The summed E-state index contributed by atoms with van der Waals surface area (Å²) < 4.78 is 11.4. The molecule has 3 saturated heterocycles. The summed E-state index contributed by atoms with van der Waals surface area (Å²) in [6.07, 6.45) is 2.26. The first-order valence-electron chi connectivity index (χ1n) is 7.92. The van der Waals surface area contributed by atoms with Gasteiger partial charge in [0.1, 0.15) is 24.2 Å². The van der Waals surface area contributed by atoms with E-state index in [0.717, 1.165) is 18.4 Å². The van der Waals surface area contributed by atoms with Crippen LogP contribution >= 0.6 is 0 Å². The second-order valence-electron chi connectivity index (χ2n) is 6.54. The number of likely N-dealkylation sites (N-methyl/N-ethyl adjacent to an activating group) is 1. The Hall–Kier alpha value is -1.43. The van der Waals surface area contributed by atoms with Crippen molar-refractivity contribution < 1.29 is 19.4 Å². The number of carbonyl (C=O) groups excluding carboxylic acids is 1. The van der Waals surface area contributed by atoms with Crippen LogP contribution in [0, 0.1) is 0 Å². The molecule has 5 atom stereocenters. The van der Waals surface area contributed by atoms with Crippen molar-refractivity contribution in [2.24, 2.45) is 0 Å². The van der Waals surface area contributed by atoms with Gasteiger partial charge in [0.05, 0.1) is 6.61 Å². The first-order valence-corrected chi connectivity index (χ1v) is 7.92. The SMILES string of the molecule is CN1[C@@H]2CC(OC(=O)[C@@H](CO)c3ccccc3)C[C@@H]1[C@@H]1O[C@H]12. The van der Waals surface area contributed by atoms with Crippen LogP contribution in [-0.4, -0.2) is 60.0 Å². The predicted octanol–water partition coefficient (Wildman–Crippen LogP) is 0.918. The van der Waals surface area contributed by atoms with Gasteiger partial charge >= 0.3 is 5.97 Å². The molecule has 118 valence electrons. The highest BCUT2D eigenvalue weighted by atomic mass is 16.6. The Kier molecular flexibility index (Phi) is 3.44. The Morgan fingerprint density at radius 3 is 2.55 bits per heavy atom. The summed E-state index contributed by atoms with van der Waals surface area (Å²) in [6.45, 7) is -0.226. The van der Waals surface area contributed by atoms with Gasteiger partial charge < -0.3 is 14.6 Å². The molecule has 5 nitrogen and oxygen atoms in total. The lowest BCUT2D eigenvalue weighted by Crippen LogP contribution is -2.48. The standard InChI is InChI=1S/C17H21NO4/c1-18-13-7-11(8-14(18)16-15(13)22-16)21-17(20)12(9-19)10-5-3-2-4-6-10/h2-6,11-16,19H,7-9H2,1H3/t12-,13+,14+,15-,16-/m0/s1. The highest BCUT2D eigenvalue weighted by Crippen LogP contribution is 2.48. The van der Waals surface area contributed by atoms with E-state index in [2.05, 4.69) is 11.9 Å². The molecule has 3 heterocycles. The fraction of sp³-hybridized carbons (Fsp3) is 0.588. The van der Waals surface area contributed by atoms with E-state index in [1.807, 2.05) is 30.3 Å². The monoisotopic (exact) mass is 303 g/mol. The third-order valence-corrected chi connectivity index (χ3v) is 5.33. The quantitative estimate of drug-likeness (QED) is 0.662. The minimum Gasteiger partial charge on any atom is -0.462 e. The lowest BCUT2D eigenvalue weighted by molar-refractivity contribution is -0.156. The van der Waals surface area contributed by atoms with E-state index < -0.39 is 5.92 Å². The third kappa shape index (κ3) is 2.24. The number of nitrogens with zero attached hydrogens (tertiary/aromatic N) is 1. The van der Waals surface area contributed by atoms with Crippen molar-refractivity contribution in [3.05, 3.63) is 35.9 Å². The number of carbonyl (C=O) groups is 1. The predicted molar refractivity (Wildman–Crippen MR) is 79.4 cm³/mol. The van der Waals surface area contributed by atoms with Crippen LogP contribution in [0.4, 0.5) is 0 Å². The van der Waals surface area contributed by atoms with Gasteiger partial charge in [-0.05, 0) is 12.6 Å². The molecule has 0 saturated carbocycles. The Labute approximate surface area is 129 Å². The van der Waals surface area contributed by atoms with Gasteiger partial charge in [0.15, 0.2) is 0 Å². The van der Waals surface area contributed by atoms with Crippen molar-refractivity contribution in [2.75, 3.05) is 13.7 Å². The maximum atomic E-state index is 12.4. The first-order chi connectivity index (χ1) is 10.7. The van der Waals surface area contributed by atoms with Gasteiger partial charge in [-0.15, -0.1) is 0 Å². The lowest BCUT2D eigenvalue weighted by atomic mass is 9.97. The van der Waals surface area contributed by atoms with Crippen molar-refractivity contribution >= 4 is 5.97 Å². The van der Waals surface area contributed by atoms with Gasteiger partial charge in [-0.2, -0.15) is 0 Å². The summed E-state index contributed by atoms with van der Waals surface area (Å²) >= 11 is 0. The highest BCUT2D eigenvalue weighted by molar-refractivity contribution is 5.78. The molecule has 2 bridgehead atoms. The molecule has 5 heteroatoms. The molecule has 22 heavy (non-hydrogen) atoms. The van der Waals surface area contributed by atoms with Crippen molar-refractivity contribution in [1.82, 2.24) is 4.90 Å². The largest absolute Gasteiger partial charge is 0.462 e. The molecule has 1 N–H and O–H groups in total. The van der Waals surface area contributed by atoms with Crippen LogP contribution < -0.4 is 0 Å². The van der Waals surface area contributed by atoms with Crippen molar-refractivity contribution in [3.8, 4) is 0 Å².